The van der Waals surface area contributed by atoms with Crippen molar-refractivity contribution in [2.24, 2.45) is 0 Å². The molecule has 0 N–H and O–H groups in total. The second-order valence-corrected chi connectivity index (χ2v) is 6.76. The first-order chi connectivity index (χ1) is 15.0. The van der Waals surface area contributed by atoms with E-state index in [0.29, 0.717) is 17.7 Å². The number of aryl methyl sites for hydroxylation is 1. The van der Waals surface area contributed by atoms with Gasteiger partial charge in [-0.15, -0.1) is 0 Å². The van der Waals surface area contributed by atoms with Crippen LogP contribution >= 0.6 is 0 Å². The lowest BCUT2D eigenvalue weighted by Gasteiger charge is -2.12. The Morgan fingerprint density at radius 2 is 1.77 bits per heavy atom. The third-order valence-electron chi connectivity index (χ3n) is 4.47. The number of benzene rings is 3. The maximum Gasteiger partial charge on any atom is 0.344 e. The van der Waals surface area contributed by atoms with Crippen LogP contribution in [0.15, 0.2) is 72.8 Å². The van der Waals surface area contributed by atoms with E-state index in [4.69, 9.17) is 9.47 Å². The molecule has 5 heteroatoms. The van der Waals surface area contributed by atoms with Gasteiger partial charge in [-0.1, -0.05) is 42.5 Å². The average Bonchev–Trinajstić information content (AvgIpc) is 2.78. The number of carbonyl (C=O) groups excluding carboxylic acids is 2. The molecule has 0 aliphatic carbocycles. The van der Waals surface area contributed by atoms with Gasteiger partial charge in [0, 0.05) is 6.08 Å². The first-order valence-electron chi connectivity index (χ1n) is 9.79. The standard InChI is InChI=1S/C26H21NO4/c1-3-30-25(28)13-12-19-14-18(2)15-21(16-19)22-9-5-6-10-23(22)26(29)31-24-11-7-4-8-20(24)17-27/h4-16H,3H2,1-2H3/b13-12+. The monoisotopic (exact) mass is 411 g/mol. The summed E-state index contributed by atoms with van der Waals surface area (Å²) in [5.74, 6) is -0.749. The smallest absolute Gasteiger partial charge is 0.344 e. The van der Waals surface area contributed by atoms with Crippen molar-refractivity contribution in [3.8, 4) is 22.9 Å². The summed E-state index contributed by atoms with van der Waals surface area (Å²) in [7, 11) is 0. The normalized spacial score (nSPS) is 10.5. The van der Waals surface area contributed by atoms with Crippen LogP contribution in [0.3, 0.4) is 0 Å². The Kier molecular flexibility index (Phi) is 6.97. The maximum absolute atomic E-state index is 12.9. The van der Waals surface area contributed by atoms with Gasteiger partial charge in [-0.25, -0.2) is 9.59 Å². The van der Waals surface area contributed by atoms with Crippen LogP contribution in [-0.4, -0.2) is 18.5 Å². The van der Waals surface area contributed by atoms with Gasteiger partial charge in [-0.2, -0.15) is 5.26 Å². The van der Waals surface area contributed by atoms with Crippen LogP contribution in [-0.2, 0) is 9.53 Å². The molecular weight excluding hydrogens is 390 g/mol. The lowest BCUT2D eigenvalue weighted by molar-refractivity contribution is -0.137. The minimum absolute atomic E-state index is 0.215. The molecule has 0 spiro atoms. The van der Waals surface area contributed by atoms with Crippen molar-refractivity contribution in [2.45, 2.75) is 13.8 Å². The molecule has 0 bridgehead atoms. The molecule has 0 fully saturated rings. The van der Waals surface area contributed by atoms with Crippen LogP contribution in [0.5, 0.6) is 5.75 Å². The minimum Gasteiger partial charge on any atom is -0.463 e. The van der Waals surface area contributed by atoms with Crippen molar-refractivity contribution < 1.29 is 19.1 Å². The van der Waals surface area contributed by atoms with Crippen LogP contribution in [0, 0.1) is 18.3 Å². The molecule has 5 nitrogen and oxygen atoms in total. The Bertz CT molecular complexity index is 1190. The maximum atomic E-state index is 12.9. The lowest BCUT2D eigenvalue weighted by atomic mass is 9.96. The van der Waals surface area contributed by atoms with Gasteiger partial charge in [0.2, 0.25) is 0 Å². The zero-order valence-electron chi connectivity index (χ0n) is 17.3. The molecule has 0 aromatic heterocycles. The van der Waals surface area contributed by atoms with Gasteiger partial charge < -0.3 is 9.47 Å². The van der Waals surface area contributed by atoms with Crippen molar-refractivity contribution in [1.82, 2.24) is 0 Å². The second kappa shape index (κ2) is 10.0. The van der Waals surface area contributed by atoms with Crippen molar-refractivity contribution in [2.75, 3.05) is 6.61 Å². The Labute approximate surface area is 181 Å². The highest BCUT2D eigenvalue weighted by atomic mass is 16.5. The number of para-hydroxylation sites is 1. The van der Waals surface area contributed by atoms with Crippen LogP contribution in [0.2, 0.25) is 0 Å². The molecule has 3 aromatic carbocycles. The van der Waals surface area contributed by atoms with Crippen LogP contribution in [0.25, 0.3) is 17.2 Å². The average molecular weight is 411 g/mol. The van der Waals surface area contributed by atoms with Gasteiger partial charge in [0.1, 0.15) is 11.8 Å². The number of hydrogen-bond acceptors (Lipinski definition) is 5. The fourth-order valence-electron chi connectivity index (χ4n) is 3.13. The molecule has 31 heavy (non-hydrogen) atoms. The SMILES string of the molecule is CCOC(=O)/C=C/c1cc(C)cc(-c2ccccc2C(=O)Oc2ccccc2C#N)c1. The molecule has 0 atom stereocenters. The van der Waals surface area contributed by atoms with Crippen LogP contribution in [0.1, 0.15) is 34.0 Å². The van der Waals surface area contributed by atoms with E-state index in [-0.39, 0.29) is 11.3 Å². The molecule has 0 amide bonds. The van der Waals surface area contributed by atoms with Gasteiger partial charge in [0.25, 0.3) is 0 Å². The molecule has 0 radical (unpaired) electrons. The zero-order valence-corrected chi connectivity index (χ0v) is 17.3. The van der Waals surface area contributed by atoms with E-state index >= 15 is 0 Å². The summed E-state index contributed by atoms with van der Waals surface area (Å²) in [4.78, 5) is 24.6. The van der Waals surface area contributed by atoms with E-state index in [1.54, 1.807) is 49.4 Å². The molecule has 0 heterocycles. The van der Waals surface area contributed by atoms with Gasteiger partial charge in [0.05, 0.1) is 17.7 Å². The Morgan fingerprint density at radius 3 is 2.55 bits per heavy atom. The van der Waals surface area contributed by atoms with Gasteiger partial charge in [-0.3, -0.25) is 0 Å². The van der Waals surface area contributed by atoms with E-state index < -0.39 is 11.9 Å². The Morgan fingerprint density at radius 1 is 1.03 bits per heavy atom. The number of ether oxygens (including phenoxy) is 2. The molecule has 3 rings (SSSR count). The molecule has 0 aliphatic heterocycles. The highest BCUT2D eigenvalue weighted by molar-refractivity contribution is 5.99. The van der Waals surface area contributed by atoms with Gasteiger partial charge in [0.15, 0.2) is 0 Å². The van der Waals surface area contributed by atoms with E-state index in [1.807, 2.05) is 43.3 Å². The molecular formula is C26H21NO4. The number of hydrogen-bond donors (Lipinski definition) is 0. The summed E-state index contributed by atoms with van der Waals surface area (Å²) in [5, 5.41) is 9.24. The van der Waals surface area contributed by atoms with Crippen molar-refractivity contribution in [3.05, 3.63) is 95.1 Å². The fraction of sp³-hybridized carbons (Fsp3) is 0.115. The first kappa shape index (κ1) is 21.5. The summed E-state index contributed by atoms with van der Waals surface area (Å²) in [6, 6.07) is 21.5. The van der Waals surface area contributed by atoms with Crippen molar-refractivity contribution in [1.29, 1.82) is 5.26 Å². The van der Waals surface area contributed by atoms with E-state index in [2.05, 4.69) is 0 Å². The topological polar surface area (TPSA) is 76.4 Å². The van der Waals surface area contributed by atoms with E-state index in [1.165, 1.54) is 6.08 Å². The lowest BCUT2D eigenvalue weighted by Crippen LogP contribution is -2.11. The predicted octanol–water partition coefficient (Wildman–Crippen LogP) is 5.33. The fourth-order valence-corrected chi connectivity index (χ4v) is 3.13. The quantitative estimate of drug-likeness (QED) is 0.311. The summed E-state index contributed by atoms with van der Waals surface area (Å²) in [6.07, 6.45) is 3.06. The molecule has 0 aliphatic rings. The molecule has 0 unspecified atom stereocenters. The summed E-state index contributed by atoms with van der Waals surface area (Å²) >= 11 is 0. The largest absolute Gasteiger partial charge is 0.463 e. The van der Waals surface area contributed by atoms with Gasteiger partial charge >= 0.3 is 11.9 Å². The number of nitriles is 1. The summed E-state index contributed by atoms with van der Waals surface area (Å²) in [6.45, 7) is 4.00. The molecule has 0 saturated carbocycles. The number of carbonyl (C=O) groups is 2. The third-order valence-corrected chi connectivity index (χ3v) is 4.47. The van der Waals surface area contributed by atoms with E-state index in [9.17, 15) is 14.9 Å². The Balaban J connectivity index is 1.95. The second-order valence-electron chi connectivity index (χ2n) is 6.76. The number of esters is 2. The summed E-state index contributed by atoms with van der Waals surface area (Å²) in [5.41, 5.74) is 3.94. The third kappa shape index (κ3) is 5.46. The molecule has 154 valence electrons. The molecule has 3 aromatic rings. The van der Waals surface area contributed by atoms with Crippen molar-refractivity contribution in [3.63, 3.8) is 0 Å². The highest BCUT2D eigenvalue weighted by Gasteiger charge is 2.16. The zero-order chi connectivity index (χ0) is 22.2. The Hall–Kier alpha value is -4.17. The predicted molar refractivity (Wildman–Crippen MR) is 118 cm³/mol. The highest BCUT2D eigenvalue weighted by Crippen LogP contribution is 2.28. The number of nitrogens with zero attached hydrogens (tertiary/aromatic N) is 1. The van der Waals surface area contributed by atoms with Crippen LogP contribution < -0.4 is 4.74 Å². The molecule has 0 saturated heterocycles. The number of rotatable bonds is 6. The first-order valence-corrected chi connectivity index (χ1v) is 9.79. The minimum atomic E-state index is -0.552. The summed E-state index contributed by atoms with van der Waals surface area (Å²) < 4.78 is 10.4. The van der Waals surface area contributed by atoms with E-state index in [0.717, 1.165) is 16.7 Å². The van der Waals surface area contributed by atoms with Crippen LogP contribution in [0.4, 0.5) is 0 Å². The van der Waals surface area contributed by atoms with Crippen molar-refractivity contribution >= 4 is 18.0 Å². The van der Waals surface area contributed by atoms with Gasteiger partial charge in [-0.05, 0) is 66.4 Å².